The molecular weight excluding hydrogens is 354 g/mol. The van der Waals surface area contributed by atoms with Crippen molar-refractivity contribution in [3.8, 4) is 0 Å². The summed E-state index contributed by atoms with van der Waals surface area (Å²) in [6, 6.07) is 7.40. The van der Waals surface area contributed by atoms with Gasteiger partial charge in [-0.25, -0.2) is 0 Å². The monoisotopic (exact) mass is 373 g/mol. The van der Waals surface area contributed by atoms with Crippen LogP contribution in [0.5, 0.6) is 0 Å². The highest BCUT2D eigenvalue weighted by Gasteiger charge is 2.22. The third-order valence-corrected chi connectivity index (χ3v) is 5.71. The maximum absolute atomic E-state index is 6.66. The minimum atomic E-state index is 0.529. The Morgan fingerprint density at radius 1 is 1.25 bits per heavy atom. The lowest BCUT2D eigenvalue weighted by Crippen LogP contribution is -2.39. The van der Waals surface area contributed by atoms with Crippen molar-refractivity contribution in [2.45, 2.75) is 44.7 Å². The first-order valence-corrected chi connectivity index (χ1v) is 9.11. The van der Waals surface area contributed by atoms with E-state index < -0.39 is 0 Å². The summed E-state index contributed by atoms with van der Waals surface area (Å²) >= 11 is 12.1. The highest BCUT2D eigenvalue weighted by Crippen LogP contribution is 2.40. The summed E-state index contributed by atoms with van der Waals surface area (Å²) in [7, 11) is 0. The minimum absolute atomic E-state index is 0.529. The second-order valence-corrected chi connectivity index (χ2v) is 8.02. The van der Waals surface area contributed by atoms with Gasteiger partial charge in [0.15, 0.2) is 0 Å². The van der Waals surface area contributed by atoms with E-state index in [0.717, 1.165) is 21.8 Å². The van der Waals surface area contributed by atoms with Crippen molar-refractivity contribution >= 4 is 44.3 Å². The molecule has 0 aromatic heterocycles. The van der Waals surface area contributed by atoms with Gasteiger partial charge in [0.05, 0.1) is 5.03 Å². The molecule has 1 aromatic carbocycles. The van der Waals surface area contributed by atoms with Gasteiger partial charge >= 0.3 is 0 Å². The largest absolute Gasteiger partial charge is 0.295 e. The van der Waals surface area contributed by atoms with Gasteiger partial charge in [-0.05, 0) is 51.5 Å². The molecule has 0 unspecified atom stereocenters. The van der Waals surface area contributed by atoms with Gasteiger partial charge in [0, 0.05) is 39.3 Å². The molecule has 0 spiro atoms. The number of nitrogens with zero attached hydrogens (tertiary/aromatic N) is 1. The number of rotatable bonds is 4. The van der Waals surface area contributed by atoms with Crippen molar-refractivity contribution in [2.24, 2.45) is 0 Å². The molecular formula is C16H21BrClNS. The Balaban J connectivity index is 2.31. The quantitative estimate of drug-likeness (QED) is 0.672. The topological polar surface area (TPSA) is 3.24 Å². The molecule has 2 rings (SSSR count). The number of halogens is 2. The van der Waals surface area contributed by atoms with Crippen molar-refractivity contribution in [3.63, 3.8) is 0 Å². The van der Waals surface area contributed by atoms with Crippen molar-refractivity contribution in [2.75, 3.05) is 12.3 Å². The summed E-state index contributed by atoms with van der Waals surface area (Å²) in [5.41, 5.74) is 2.50. The van der Waals surface area contributed by atoms with E-state index in [9.17, 15) is 0 Å². The first-order chi connectivity index (χ1) is 9.40. The molecule has 1 heterocycles. The van der Waals surface area contributed by atoms with Crippen LogP contribution in [0.15, 0.2) is 33.1 Å². The van der Waals surface area contributed by atoms with Crippen LogP contribution in [-0.4, -0.2) is 29.3 Å². The smallest absolute Gasteiger partial charge is 0.0503 e. The van der Waals surface area contributed by atoms with Crippen LogP contribution in [0.25, 0.3) is 5.03 Å². The molecule has 0 radical (unpaired) electrons. The molecule has 0 fully saturated rings. The van der Waals surface area contributed by atoms with Gasteiger partial charge in [0.2, 0.25) is 0 Å². The summed E-state index contributed by atoms with van der Waals surface area (Å²) in [6.45, 7) is 9.93. The summed E-state index contributed by atoms with van der Waals surface area (Å²) in [6.07, 6.45) is 0. The average molecular weight is 375 g/mol. The molecule has 20 heavy (non-hydrogen) atoms. The summed E-state index contributed by atoms with van der Waals surface area (Å²) in [5, 5.41) is 0.936. The molecule has 1 aromatic rings. The van der Waals surface area contributed by atoms with Gasteiger partial charge in [-0.1, -0.05) is 27.5 Å². The van der Waals surface area contributed by atoms with E-state index in [2.05, 4.69) is 66.7 Å². The Kier molecular flexibility index (Phi) is 5.63. The van der Waals surface area contributed by atoms with Crippen molar-refractivity contribution in [3.05, 3.63) is 33.8 Å². The van der Waals surface area contributed by atoms with E-state index in [1.165, 1.54) is 16.0 Å². The molecule has 1 aliphatic rings. The number of benzene rings is 1. The van der Waals surface area contributed by atoms with Gasteiger partial charge in [0.1, 0.15) is 0 Å². The Morgan fingerprint density at radius 2 is 1.90 bits per heavy atom. The third-order valence-electron chi connectivity index (χ3n) is 3.59. The molecule has 1 aliphatic heterocycles. The lowest BCUT2D eigenvalue weighted by atomic mass is 10.1. The van der Waals surface area contributed by atoms with E-state index in [4.69, 9.17) is 11.6 Å². The van der Waals surface area contributed by atoms with Gasteiger partial charge in [-0.3, -0.25) is 4.90 Å². The van der Waals surface area contributed by atoms with Crippen molar-refractivity contribution in [1.82, 2.24) is 4.90 Å². The Labute approximate surface area is 139 Å². The number of fused-ring (bicyclic) bond motifs is 1. The van der Waals surface area contributed by atoms with Crippen molar-refractivity contribution < 1.29 is 0 Å². The molecule has 0 amide bonds. The van der Waals surface area contributed by atoms with Crippen LogP contribution in [0.3, 0.4) is 0 Å². The van der Waals surface area contributed by atoms with Crippen LogP contribution in [0.1, 0.15) is 33.3 Å². The zero-order valence-electron chi connectivity index (χ0n) is 12.4. The maximum Gasteiger partial charge on any atom is 0.0503 e. The molecule has 0 atom stereocenters. The van der Waals surface area contributed by atoms with Gasteiger partial charge in [0.25, 0.3) is 0 Å². The Bertz CT molecular complexity index is 517. The van der Waals surface area contributed by atoms with E-state index in [0.29, 0.717) is 12.1 Å². The first kappa shape index (κ1) is 16.4. The summed E-state index contributed by atoms with van der Waals surface area (Å²) in [4.78, 5) is 3.77. The SMILES string of the molecule is CC(C)N(CC1=C(Cl)c2cc(Br)ccc2SC1)C(C)C. The maximum atomic E-state index is 6.66. The third kappa shape index (κ3) is 3.62. The predicted molar refractivity (Wildman–Crippen MR) is 94.6 cm³/mol. The predicted octanol–water partition coefficient (Wildman–Crippen LogP) is 5.62. The van der Waals surface area contributed by atoms with Crippen LogP contribution >= 0.6 is 39.3 Å². The van der Waals surface area contributed by atoms with E-state index in [1.807, 2.05) is 11.8 Å². The summed E-state index contributed by atoms with van der Waals surface area (Å²) in [5.74, 6) is 0.989. The number of hydrogen-bond donors (Lipinski definition) is 0. The molecule has 0 bridgehead atoms. The Morgan fingerprint density at radius 3 is 2.50 bits per heavy atom. The Hall–Kier alpha value is 0.0400. The molecule has 1 nitrogen and oxygen atoms in total. The van der Waals surface area contributed by atoms with Gasteiger partial charge in [-0.2, -0.15) is 0 Å². The molecule has 0 aliphatic carbocycles. The number of hydrogen-bond acceptors (Lipinski definition) is 2. The number of thioether (sulfide) groups is 1. The molecule has 0 saturated carbocycles. The fourth-order valence-electron chi connectivity index (χ4n) is 2.52. The minimum Gasteiger partial charge on any atom is -0.295 e. The summed E-state index contributed by atoms with van der Waals surface area (Å²) < 4.78 is 1.08. The van der Waals surface area contributed by atoms with Crippen LogP contribution in [0.2, 0.25) is 0 Å². The second kappa shape index (κ2) is 6.87. The average Bonchev–Trinajstić information content (AvgIpc) is 2.37. The molecule has 110 valence electrons. The zero-order valence-corrected chi connectivity index (χ0v) is 15.6. The lowest BCUT2D eigenvalue weighted by Gasteiger charge is -2.33. The van der Waals surface area contributed by atoms with E-state index in [1.54, 1.807) is 0 Å². The van der Waals surface area contributed by atoms with Gasteiger partial charge in [-0.15, -0.1) is 11.8 Å². The van der Waals surface area contributed by atoms with Crippen LogP contribution in [0, 0.1) is 0 Å². The fourth-order valence-corrected chi connectivity index (χ4v) is 4.34. The normalized spacial score (nSPS) is 15.4. The standard InChI is InChI=1S/C16H21BrClNS/c1-10(2)19(11(3)4)8-12-9-20-15-6-5-13(17)7-14(15)16(12)18/h5-7,10-11H,8-9H2,1-4H3. The first-order valence-electron chi connectivity index (χ1n) is 6.96. The lowest BCUT2D eigenvalue weighted by molar-refractivity contribution is 0.192. The highest BCUT2D eigenvalue weighted by atomic mass is 79.9. The van der Waals surface area contributed by atoms with Gasteiger partial charge < -0.3 is 0 Å². The molecule has 4 heteroatoms. The van der Waals surface area contributed by atoms with Crippen LogP contribution < -0.4 is 0 Å². The highest BCUT2D eigenvalue weighted by molar-refractivity contribution is 9.10. The fraction of sp³-hybridized carbons (Fsp3) is 0.500. The van der Waals surface area contributed by atoms with Crippen LogP contribution in [-0.2, 0) is 0 Å². The van der Waals surface area contributed by atoms with Crippen molar-refractivity contribution in [1.29, 1.82) is 0 Å². The molecule has 0 N–H and O–H groups in total. The van der Waals surface area contributed by atoms with Crippen LogP contribution in [0.4, 0.5) is 0 Å². The second-order valence-electron chi connectivity index (χ2n) is 5.71. The zero-order chi connectivity index (χ0) is 14.9. The molecule has 0 saturated heterocycles. The van der Waals surface area contributed by atoms with E-state index >= 15 is 0 Å². The van der Waals surface area contributed by atoms with E-state index in [-0.39, 0.29) is 0 Å².